The second-order valence-electron chi connectivity index (χ2n) is 7.43. The van der Waals surface area contributed by atoms with E-state index < -0.39 is 23.7 Å². The minimum atomic E-state index is -0.733. The molecule has 0 radical (unpaired) electrons. The number of hydrogen-bond acceptors (Lipinski definition) is 5. The molecule has 150 valence electrons. The van der Waals surface area contributed by atoms with Crippen molar-refractivity contribution in [1.29, 1.82) is 0 Å². The van der Waals surface area contributed by atoms with Crippen LogP contribution in [-0.4, -0.2) is 42.3 Å². The monoisotopic (exact) mass is 384 g/mol. The summed E-state index contributed by atoms with van der Waals surface area (Å²) in [6.45, 7) is 5.86. The molecule has 1 N–H and O–H groups in total. The van der Waals surface area contributed by atoms with Crippen molar-refractivity contribution in [3.63, 3.8) is 0 Å². The molecule has 0 bridgehead atoms. The van der Waals surface area contributed by atoms with Crippen LogP contribution in [-0.2, 0) is 20.8 Å². The van der Waals surface area contributed by atoms with E-state index in [1.165, 1.54) is 12.0 Å². The van der Waals surface area contributed by atoms with E-state index in [2.05, 4.69) is 5.32 Å². The average molecular weight is 384 g/mol. The van der Waals surface area contributed by atoms with Crippen molar-refractivity contribution in [3.05, 3.63) is 66.2 Å². The highest BCUT2D eigenvalue weighted by atomic mass is 16.6. The molecule has 0 aliphatic heterocycles. The molecule has 0 unspecified atom stereocenters. The van der Waals surface area contributed by atoms with Crippen molar-refractivity contribution >= 4 is 17.7 Å². The molecule has 0 saturated heterocycles. The van der Waals surface area contributed by atoms with Gasteiger partial charge in [-0.1, -0.05) is 48.5 Å². The Balaban J connectivity index is 2.22. The molecule has 0 saturated carbocycles. The van der Waals surface area contributed by atoms with E-state index in [1.807, 2.05) is 81.4 Å². The SMILES string of the molecule is COC(=O)[C@H](CN(Cc1ccccc1)C(=O)OC(C)(C)C)Nc1ccccc1. The lowest BCUT2D eigenvalue weighted by Gasteiger charge is -2.30. The molecule has 0 fully saturated rings. The molecule has 0 aromatic heterocycles. The standard InChI is InChI=1S/C22H28N2O4/c1-22(2,3)28-21(26)24(15-17-11-7-5-8-12-17)16-19(20(25)27-4)23-18-13-9-6-10-14-18/h5-14,19,23H,15-16H2,1-4H3/t19-/m0/s1. The van der Waals surface area contributed by atoms with Crippen molar-refractivity contribution in [3.8, 4) is 0 Å². The second kappa shape index (κ2) is 9.78. The lowest BCUT2D eigenvalue weighted by Crippen LogP contribution is -2.46. The number of nitrogens with zero attached hydrogens (tertiary/aromatic N) is 1. The molecule has 1 atom stereocenters. The number of para-hydroxylation sites is 1. The minimum absolute atomic E-state index is 0.103. The summed E-state index contributed by atoms with van der Waals surface area (Å²) < 4.78 is 10.5. The number of rotatable bonds is 7. The lowest BCUT2D eigenvalue weighted by atomic mass is 10.2. The Morgan fingerprint density at radius 1 is 1.00 bits per heavy atom. The number of benzene rings is 2. The smallest absolute Gasteiger partial charge is 0.410 e. The average Bonchev–Trinajstić information content (AvgIpc) is 2.66. The van der Waals surface area contributed by atoms with Crippen molar-refractivity contribution in [1.82, 2.24) is 4.90 Å². The second-order valence-corrected chi connectivity index (χ2v) is 7.43. The highest BCUT2D eigenvalue weighted by Gasteiger charge is 2.28. The number of methoxy groups -OCH3 is 1. The van der Waals surface area contributed by atoms with Gasteiger partial charge in [0, 0.05) is 12.2 Å². The number of ether oxygens (including phenoxy) is 2. The molecule has 0 aliphatic rings. The number of hydrogen-bond donors (Lipinski definition) is 1. The summed E-state index contributed by atoms with van der Waals surface area (Å²) >= 11 is 0. The van der Waals surface area contributed by atoms with E-state index in [1.54, 1.807) is 0 Å². The highest BCUT2D eigenvalue weighted by molar-refractivity contribution is 5.80. The van der Waals surface area contributed by atoms with Crippen LogP contribution in [0.2, 0.25) is 0 Å². The number of nitrogens with one attached hydrogen (secondary N) is 1. The van der Waals surface area contributed by atoms with Crippen LogP contribution < -0.4 is 5.32 Å². The number of carbonyl (C=O) groups excluding carboxylic acids is 2. The van der Waals surface area contributed by atoms with Crippen LogP contribution in [0.5, 0.6) is 0 Å². The van der Waals surface area contributed by atoms with Gasteiger partial charge in [0.05, 0.1) is 13.7 Å². The van der Waals surface area contributed by atoms with Gasteiger partial charge in [-0.05, 0) is 38.5 Å². The van der Waals surface area contributed by atoms with Gasteiger partial charge in [-0.15, -0.1) is 0 Å². The molecule has 2 aromatic rings. The third-order valence-electron chi connectivity index (χ3n) is 3.87. The van der Waals surface area contributed by atoms with Gasteiger partial charge in [0.2, 0.25) is 0 Å². The third-order valence-corrected chi connectivity index (χ3v) is 3.87. The number of esters is 1. The molecule has 2 rings (SSSR count). The van der Waals surface area contributed by atoms with Gasteiger partial charge in [0.1, 0.15) is 11.6 Å². The molecule has 2 aromatic carbocycles. The maximum absolute atomic E-state index is 12.8. The number of amides is 1. The van der Waals surface area contributed by atoms with E-state index in [-0.39, 0.29) is 6.54 Å². The Labute approximate surface area is 166 Å². The summed E-state index contributed by atoms with van der Waals surface area (Å²) in [6.07, 6.45) is -0.486. The van der Waals surface area contributed by atoms with Crippen molar-refractivity contribution in [2.45, 2.75) is 39.0 Å². The molecule has 1 amide bonds. The number of carbonyl (C=O) groups is 2. The first-order chi connectivity index (χ1) is 13.3. The highest BCUT2D eigenvalue weighted by Crippen LogP contribution is 2.15. The Bertz CT molecular complexity index is 757. The topological polar surface area (TPSA) is 67.9 Å². The van der Waals surface area contributed by atoms with E-state index >= 15 is 0 Å². The Hall–Kier alpha value is -3.02. The van der Waals surface area contributed by atoms with Crippen LogP contribution in [0.15, 0.2) is 60.7 Å². The van der Waals surface area contributed by atoms with E-state index in [9.17, 15) is 9.59 Å². The van der Waals surface area contributed by atoms with E-state index in [4.69, 9.17) is 9.47 Å². The Kier molecular flexibility index (Phi) is 7.44. The van der Waals surface area contributed by atoms with Gasteiger partial charge in [-0.25, -0.2) is 9.59 Å². The van der Waals surface area contributed by atoms with E-state index in [0.717, 1.165) is 11.3 Å². The van der Waals surface area contributed by atoms with Crippen molar-refractivity contribution in [2.24, 2.45) is 0 Å². The van der Waals surface area contributed by atoms with Crippen LogP contribution in [0.1, 0.15) is 26.3 Å². The molecule has 0 spiro atoms. The largest absolute Gasteiger partial charge is 0.467 e. The zero-order valence-electron chi connectivity index (χ0n) is 16.8. The van der Waals surface area contributed by atoms with Crippen LogP contribution >= 0.6 is 0 Å². The zero-order valence-corrected chi connectivity index (χ0v) is 16.8. The van der Waals surface area contributed by atoms with Gasteiger partial charge in [-0.2, -0.15) is 0 Å². The molecule has 0 aliphatic carbocycles. The van der Waals surface area contributed by atoms with Gasteiger partial charge < -0.3 is 19.7 Å². The maximum Gasteiger partial charge on any atom is 0.410 e. The summed E-state index contributed by atoms with van der Waals surface area (Å²) in [4.78, 5) is 26.6. The van der Waals surface area contributed by atoms with Crippen LogP contribution in [0.3, 0.4) is 0 Å². The van der Waals surface area contributed by atoms with Crippen LogP contribution in [0, 0.1) is 0 Å². The fraction of sp³-hybridized carbons (Fsp3) is 0.364. The predicted octanol–water partition coefficient (Wildman–Crippen LogP) is 4.08. The Morgan fingerprint density at radius 2 is 1.57 bits per heavy atom. The first kappa shape index (κ1) is 21.3. The number of anilines is 1. The summed E-state index contributed by atoms with van der Waals surface area (Å²) in [5, 5.41) is 3.14. The molecular formula is C22H28N2O4. The molecule has 0 heterocycles. The first-order valence-electron chi connectivity index (χ1n) is 9.20. The summed E-state index contributed by atoms with van der Waals surface area (Å²) in [5.41, 5.74) is 1.07. The van der Waals surface area contributed by atoms with Crippen LogP contribution in [0.4, 0.5) is 10.5 Å². The minimum Gasteiger partial charge on any atom is -0.467 e. The molecule has 6 heteroatoms. The molecule has 6 nitrogen and oxygen atoms in total. The normalized spacial score (nSPS) is 12.0. The fourth-order valence-corrected chi connectivity index (χ4v) is 2.61. The maximum atomic E-state index is 12.8. The van der Waals surface area contributed by atoms with Crippen molar-refractivity contribution < 1.29 is 19.1 Å². The van der Waals surface area contributed by atoms with Crippen molar-refractivity contribution in [2.75, 3.05) is 19.0 Å². The Morgan fingerprint density at radius 3 is 2.11 bits per heavy atom. The quantitative estimate of drug-likeness (QED) is 0.729. The zero-order chi connectivity index (χ0) is 20.6. The van der Waals surface area contributed by atoms with Crippen LogP contribution in [0.25, 0.3) is 0 Å². The fourth-order valence-electron chi connectivity index (χ4n) is 2.61. The van der Waals surface area contributed by atoms with Gasteiger partial charge in [0.15, 0.2) is 0 Å². The molecular weight excluding hydrogens is 356 g/mol. The van der Waals surface area contributed by atoms with E-state index in [0.29, 0.717) is 6.54 Å². The summed E-state index contributed by atoms with van der Waals surface area (Å²) in [7, 11) is 1.33. The molecule has 28 heavy (non-hydrogen) atoms. The summed E-state index contributed by atoms with van der Waals surface area (Å²) in [5.74, 6) is -0.453. The summed E-state index contributed by atoms with van der Waals surface area (Å²) in [6, 6.07) is 18.2. The van der Waals surface area contributed by atoms with Gasteiger partial charge in [-0.3, -0.25) is 0 Å². The van der Waals surface area contributed by atoms with Gasteiger partial charge in [0.25, 0.3) is 0 Å². The predicted molar refractivity (Wildman–Crippen MR) is 109 cm³/mol. The first-order valence-corrected chi connectivity index (χ1v) is 9.20. The lowest BCUT2D eigenvalue weighted by molar-refractivity contribution is -0.141. The van der Waals surface area contributed by atoms with Gasteiger partial charge >= 0.3 is 12.1 Å². The third kappa shape index (κ3) is 6.95.